The number of carbonyl (C=O) groups excluding carboxylic acids is 2. The van der Waals surface area contributed by atoms with Crippen LogP contribution >= 0.6 is 0 Å². The van der Waals surface area contributed by atoms with Crippen LogP contribution in [0.25, 0.3) is 16.5 Å². The summed E-state index contributed by atoms with van der Waals surface area (Å²) in [6.45, 7) is 4.00. The third-order valence-corrected chi connectivity index (χ3v) is 5.80. The zero-order valence-corrected chi connectivity index (χ0v) is 19.9. The van der Waals surface area contributed by atoms with E-state index in [4.69, 9.17) is 9.94 Å². The molecule has 0 bridgehead atoms. The van der Waals surface area contributed by atoms with Crippen molar-refractivity contribution in [2.45, 2.75) is 39.2 Å². The summed E-state index contributed by atoms with van der Waals surface area (Å²) in [6, 6.07) is 17.5. The fourth-order valence-corrected chi connectivity index (χ4v) is 4.27. The van der Waals surface area contributed by atoms with Crippen LogP contribution < -0.4 is 10.8 Å². The lowest BCUT2D eigenvalue weighted by molar-refractivity contribution is -0.135. The number of nitrogens with one attached hydrogen (secondary N) is 3. The molecule has 0 aliphatic carbocycles. The molecule has 2 amide bonds. The Morgan fingerprint density at radius 2 is 1.79 bits per heavy atom. The average molecular weight is 464 g/mol. The summed E-state index contributed by atoms with van der Waals surface area (Å²) in [5, 5.41) is 13.2. The van der Waals surface area contributed by atoms with Crippen LogP contribution in [0.1, 0.15) is 37.8 Å². The van der Waals surface area contributed by atoms with Crippen molar-refractivity contribution in [3.05, 3.63) is 78.2 Å². The lowest BCUT2D eigenvalue weighted by Crippen LogP contribution is -2.42. The lowest BCUT2D eigenvalue weighted by atomic mass is 9.90. The molecule has 0 fully saturated rings. The highest BCUT2D eigenvalue weighted by Gasteiger charge is 2.28. The highest BCUT2D eigenvalue weighted by Crippen LogP contribution is 2.29. The molecule has 0 saturated heterocycles. The third-order valence-electron chi connectivity index (χ3n) is 5.80. The number of ether oxygens (including phenoxy) is 1. The van der Waals surface area contributed by atoms with E-state index in [0.717, 1.165) is 27.6 Å². The maximum absolute atomic E-state index is 13.4. The molecular formula is C27H33N3O4. The molecule has 1 aromatic heterocycles. The molecule has 1 unspecified atom stereocenters. The standard InChI is InChI=1S/C27H33N3O4/c1-18(2)13-20(15-26(31)30-33)27(32)29-25(14-19-9-5-4-6-10-19)23(17-34-3)22-16-28-24-12-8-7-11-21(22)24/h4-12,16-18,20,25,28,33H,13-15H2,1-3H3,(H,29,32)(H,30,31)/b23-17+/t20?,25-/m0/s1. The van der Waals surface area contributed by atoms with Crippen LogP contribution in [-0.4, -0.2) is 35.2 Å². The van der Waals surface area contributed by atoms with Crippen molar-refractivity contribution in [2.75, 3.05) is 7.11 Å². The zero-order valence-electron chi connectivity index (χ0n) is 19.9. The number of aromatic amines is 1. The van der Waals surface area contributed by atoms with Crippen LogP contribution in [0.2, 0.25) is 0 Å². The van der Waals surface area contributed by atoms with Gasteiger partial charge in [0.05, 0.1) is 19.4 Å². The number of aromatic nitrogens is 1. The number of hydrogen-bond acceptors (Lipinski definition) is 4. The van der Waals surface area contributed by atoms with Crippen molar-refractivity contribution in [2.24, 2.45) is 11.8 Å². The highest BCUT2D eigenvalue weighted by atomic mass is 16.5. The molecule has 34 heavy (non-hydrogen) atoms. The number of methoxy groups -OCH3 is 1. The molecule has 3 aromatic rings. The van der Waals surface area contributed by atoms with E-state index in [0.29, 0.717) is 12.8 Å². The van der Waals surface area contributed by atoms with Crippen molar-refractivity contribution in [1.29, 1.82) is 0 Å². The highest BCUT2D eigenvalue weighted by molar-refractivity contribution is 5.95. The van der Waals surface area contributed by atoms with Gasteiger partial charge in [-0.25, -0.2) is 5.48 Å². The normalized spacial score (nSPS) is 13.5. The summed E-state index contributed by atoms with van der Waals surface area (Å²) in [6.07, 6.45) is 4.57. The maximum Gasteiger partial charge on any atom is 0.244 e. The topological polar surface area (TPSA) is 103 Å². The molecule has 1 heterocycles. The van der Waals surface area contributed by atoms with E-state index in [2.05, 4.69) is 10.3 Å². The van der Waals surface area contributed by atoms with Crippen LogP contribution in [0, 0.1) is 11.8 Å². The van der Waals surface area contributed by atoms with Crippen LogP contribution in [-0.2, 0) is 20.7 Å². The summed E-state index contributed by atoms with van der Waals surface area (Å²) >= 11 is 0. The molecule has 0 spiro atoms. The number of fused-ring (bicyclic) bond motifs is 1. The van der Waals surface area contributed by atoms with Gasteiger partial charge in [0, 0.05) is 40.6 Å². The van der Waals surface area contributed by atoms with Gasteiger partial charge in [-0.3, -0.25) is 14.8 Å². The predicted octanol–water partition coefficient (Wildman–Crippen LogP) is 4.44. The average Bonchev–Trinajstić information content (AvgIpc) is 3.26. The van der Waals surface area contributed by atoms with Crippen LogP contribution in [0.3, 0.4) is 0 Å². The predicted molar refractivity (Wildman–Crippen MR) is 133 cm³/mol. The number of H-pyrrole nitrogens is 1. The Morgan fingerprint density at radius 1 is 1.09 bits per heavy atom. The quantitative estimate of drug-likeness (QED) is 0.192. The number of hydroxylamine groups is 1. The SMILES string of the molecule is CO/C=C(\c1c[nH]c2ccccc12)[C@H](Cc1ccccc1)NC(=O)C(CC(=O)NO)CC(C)C. The molecule has 7 nitrogen and oxygen atoms in total. The van der Waals surface area contributed by atoms with Gasteiger partial charge in [0.1, 0.15) is 0 Å². The van der Waals surface area contributed by atoms with E-state index < -0.39 is 17.9 Å². The van der Waals surface area contributed by atoms with Gasteiger partial charge < -0.3 is 15.0 Å². The van der Waals surface area contributed by atoms with Crippen molar-refractivity contribution in [3.8, 4) is 0 Å². The van der Waals surface area contributed by atoms with Gasteiger partial charge in [0.2, 0.25) is 11.8 Å². The van der Waals surface area contributed by atoms with Crippen LogP contribution in [0.15, 0.2) is 67.1 Å². The van der Waals surface area contributed by atoms with Gasteiger partial charge in [-0.15, -0.1) is 0 Å². The number of rotatable bonds is 11. The molecule has 0 aliphatic rings. The summed E-state index contributed by atoms with van der Waals surface area (Å²) in [5.41, 5.74) is 5.46. The number of carbonyl (C=O) groups is 2. The first-order valence-electron chi connectivity index (χ1n) is 11.5. The first-order chi connectivity index (χ1) is 16.4. The fourth-order valence-electron chi connectivity index (χ4n) is 4.27. The zero-order chi connectivity index (χ0) is 24.5. The molecule has 0 radical (unpaired) electrons. The molecule has 2 atom stereocenters. The Bertz CT molecular complexity index is 1120. The number of hydrogen-bond donors (Lipinski definition) is 4. The van der Waals surface area contributed by atoms with E-state index in [-0.39, 0.29) is 18.2 Å². The number of amides is 2. The Kier molecular flexibility index (Phi) is 8.87. The van der Waals surface area contributed by atoms with E-state index in [1.54, 1.807) is 18.9 Å². The summed E-state index contributed by atoms with van der Waals surface area (Å²) in [5.74, 6) is -1.18. The molecule has 180 valence electrons. The minimum absolute atomic E-state index is 0.0883. The van der Waals surface area contributed by atoms with Gasteiger partial charge in [0.25, 0.3) is 0 Å². The largest absolute Gasteiger partial charge is 0.504 e. The van der Waals surface area contributed by atoms with Crippen molar-refractivity contribution < 1.29 is 19.5 Å². The smallest absolute Gasteiger partial charge is 0.244 e. The van der Waals surface area contributed by atoms with Gasteiger partial charge in [-0.05, 0) is 30.4 Å². The molecule has 3 rings (SSSR count). The van der Waals surface area contributed by atoms with Gasteiger partial charge >= 0.3 is 0 Å². The monoisotopic (exact) mass is 463 g/mol. The van der Waals surface area contributed by atoms with Crippen LogP contribution in [0.5, 0.6) is 0 Å². The molecule has 2 aromatic carbocycles. The Labute approximate surface area is 200 Å². The second kappa shape index (κ2) is 12.0. The first kappa shape index (κ1) is 25.1. The molecule has 7 heteroatoms. The van der Waals surface area contributed by atoms with E-state index in [1.807, 2.05) is 74.6 Å². The minimum atomic E-state index is -0.579. The van der Waals surface area contributed by atoms with Gasteiger partial charge in [-0.2, -0.15) is 0 Å². The van der Waals surface area contributed by atoms with E-state index in [1.165, 1.54) is 0 Å². The first-order valence-corrected chi connectivity index (χ1v) is 11.5. The Hall–Kier alpha value is -3.58. The lowest BCUT2D eigenvalue weighted by Gasteiger charge is -2.25. The summed E-state index contributed by atoms with van der Waals surface area (Å²) in [7, 11) is 1.59. The Balaban J connectivity index is 1.98. The second-order valence-corrected chi connectivity index (χ2v) is 8.87. The fraction of sp³-hybridized carbons (Fsp3) is 0.333. The summed E-state index contributed by atoms with van der Waals surface area (Å²) < 4.78 is 5.46. The van der Waals surface area contributed by atoms with E-state index >= 15 is 0 Å². The molecular weight excluding hydrogens is 430 g/mol. The van der Waals surface area contributed by atoms with Crippen LogP contribution in [0.4, 0.5) is 0 Å². The number of para-hydroxylation sites is 1. The molecule has 0 saturated carbocycles. The number of benzene rings is 2. The van der Waals surface area contributed by atoms with Gasteiger partial charge in [0.15, 0.2) is 0 Å². The summed E-state index contributed by atoms with van der Waals surface area (Å²) in [4.78, 5) is 28.6. The van der Waals surface area contributed by atoms with Crippen molar-refractivity contribution in [1.82, 2.24) is 15.8 Å². The minimum Gasteiger partial charge on any atom is -0.504 e. The van der Waals surface area contributed by atoms with Gasteiger partial charge in [-0.1, -0.05) is 62.4 Å². The second-order valence-electron chi connectivity index (χ2n) is 8.87. The third kappa shape index (κ3) is 6.48. The van der Waals surface area contributed by atoms with Crippen molar-refractivity contribution in [3.63, 3.8) is 0 Å². The van der Waals surface area contributed by atoms with E-state index in [9.17, 15) is 9.59 Å². The van der Waals surface area contributed by atoms with Crippen molar-refractivity contribution >= 4 is 28.3 Å². The Morgan fingerprint density at radius 3 is 2.47 bits per heavy atom. The maximum atomic E-state index is 13.4. The molecule has 0 aliphatic heterocycles. The molecule has 4 N–H and O–H groups in total.